The molecule has 1 N–H and O–H groups in total. The number of benzene rings is 3. The number of hydrazone groups is 1. The monoisotopic (exact) mass is 430 g/mol. The number of halogens is 1. The number of methoxy groups -OCH3 is 1. The fourth-order valence-electron chi connectivity index (χ4n) is 2.37. The zero-order valence-electron chi connectivity index (χ0n) is 13.0. The lowest BCUT2D eigenvalue weighted by molar-refractivity contribution is 0.0952. The first-order valence-electron chi connectivity index (χ1n) is 7.34. The van der Waals surface area contributed by atoms with Crippen LogP contribution >= 0.6 is 22.6 Å². The fraction of sp³-hybridized carbons (Fsp3) is 0.0526. The molecule has 4 nitrogen and oxygen atoms in total. The Labute approximate surface area is 153 Å². The highest BCUT2D eigenvalue weighted by atomic mass is 127. The molecular formula is C19H15IN2O2. The molecule has 0 radical (unpaired) electrons. The Kier molecular flexibility index (Phi) is 5.10. The number of rotatable bonds is 4. The number of amides is 1. The van der Waals surface area contributed by atoms with Gasteiger partial charge in [0.05, 0.1) is 18.9 Å². The molecule has 24 heavy (non-hydrogen) atoms. The van der Waals surface area contributed by atoms with Crippen LogP contribution in [0.1, 0.15) is 15.9 Å². The molecular weight excluding hydrogens is 415 g/mol. The van der Waals surface area contributed by atoms with E-state index in [0.29, 0.717) is 11.3 Å². The molecule has 0 saturated carbocycles. The molecule has 3 aromatic rings. The third kappa shape index (κ3) is 3.56. The molecule has 0 heterocycles. The normalized spacial score (nSPS) is 10.9. The van der Waals surface area contributed by atoms with Gasteiger partial charge < -0.3 is 4.74 Å². The van der Waals surface area contributed by atoms with E-state index in [0.717, 1.165) is 19.9 Å². The molecule has 0 saturated heterocycles. The summed E-state index contributed by atoms with van der Waals surface area (Å²) in [4.78, 5) is 12.4. The van der Waals surface area contributed by atoms with Gasteiger partial charge in [-0.1, -0.05) is 42.5 Å². The van der Waals surface area contributed by atoms with E-state index in [-0.39, 0.29) is 5.91 Å². The summed E-state index contributed by atoms with van der Waals surface area (Å²) in [5.41, 5.74) is 3.96. The predicted octanol–water partition coefficient (Wildman–Crippen LogP) is 4.22. The summed E-state index contributed by atoms with van der Waals surface area (Å²) in [5, 5.41) is 6.05. The lowest BCUT2D eigenvalue weighted by Crippen LogP contribution is -2.18. The van der Waals surface area contributed by atoms with Crippen LogP contribution in [0.25, 0.3) is 10.8 Å². The van der Waals surface area contributed by atoms with Gasteiger partial charge in [0.25, 0.3) is 5.91 Å². The minimum absolute atomic E-state index is 0.306. The van der Waals surface area contributed by atoms with Crippen LogP contribution in [0, 0.1) is 3.57 Å². The van der Waals surface area contributed by atoms with Gasteiger partial charge in [-0.3, -0.25) is 4.79 Å². The molecule has 0 fully saturated rings. The van der Waals surface area contributed by atoms with Crippen molar-refractivity contribution >= 4 is 45.5 Å². The number of ether oxygens (including phenoxy) is 1. The Balaban J connectivity index is 1.84. The second-order valence-corrected chi connectivity index (χ2v) is 6.28. The van der Waals surface area contributed by atoms with Crippen molar-refractivity contribution in [2.45, 2.75) is 0 Å². The third-order valence-corrected chi connectivity index (χ3v) is 4.57. The molecule has 0 atom stereocenters. The van der Waals surface area contributed by atoms with E-state index in [2.05, 4.69) is 33.1 Å². The highest BCUT2D eigenvalue weighted by Crippen LogP contribution is 2.25. The Morgan fingerprint density at radius 2 is 1.75 bits per heavy atom. The molecule has 0 aliphatic carbocycles. The Morgan fingerprint density at radius 1 is 1.08 bits per heavy atom. The molecule has 5 heteroatoms. The van der Waals surface area contributed by atoms with Gasteiger partial charge in [-0.05, 0) is 51.6 Å². The fourth-order valence-corrected chi connectivity index (χ4v) is 2.89. The van der Waals surface area contributed by atoms with Crippen LogP contribution in [0.2, 0.25) is 0 Å². The van der Waals surface area contributed by atoms with Crippen LogP contribution in [-0.4, -0.2) is 19.2 Å². The van der Waals surface area contributed by atoms with Crippen LogP contribution < -0.4 is 10.2 Å². The molecule has 0 spiro atoms. The smallest absolute Gasteiger partial charge is 0.275 e. The maximum atomic E-state index is 12.4. The van der Waals surface area contributed by atoms with Gasteiger partial charge in [-0.15, -0.1) is 0 Å². The molecule has 1 amide bonds. The van der Waals surface area contributed by atoms with E-state index in [4.69, 9.17) is 4.74 Å². The maximum Gasteiger partial charge on any atom is 0.275 e. The van der Waals surface area contributed by atoms with Crippen molar-refractivity contribution in [2.75, 3.05) is 7.11 Å². The summed E-state index contributed by atoms with van der Waals surface area (Å²) in [6, 6.07) is 19.3. The summed E-state index contributed by atoms with van der Waals surface area (Å²) >= 11 is 2.23. The molecule has 3 aromatic carbocycles. The molecule has 0 bridgehead atoms. The van der Waals surface area contributed by atoms with Crippen LogP contribution in [0.5, 0.6) is 5.75 Å². The lowest BCUT2D eigenvalue weighted by atomic mass is 10.1. The van der Waals surface area contributed by atoms with Crippen LogP contribution in [0.4, 0.5) is 0 Å². The highest BCUT2D eigenvalue weighted by Gasteiger charge is 2.13. The van der Waals surface area contributed by atoms with E-state index in [9.17, 15) is 4.79 Å². The summed E-state index contributed by atoms with van der Waals surface area (Å²) < 4.78 is 6.41. The molecule has 0 aliphatic rings. The molecule has 0 aliphatic heterocycles. The van der Waals surface area contributed by atoms with E-state index in [1.165, 1.54) is 0 Å². The first-order chi connectivity index (χ1) is 11.7. The maximum absolute atomic E-state index is 12.4. The minimum Gasteiger partial charge on any atom is -0.496 e. The van der Waals surface area contributed by atoms with Crippen molar-refractivity contribution in [1.29, 1.82) is 0 Å². The lowest BCUT2D eigenvalue weighted by Gasteiger charge is -2.09. The second kappa shape index (κ2) is 7.44. The van der Waals surface area contributed by atoms with Gasteiger partial charge in [0, 0.05) is 9.13 Å². The molecule has 0 aromatic heterocycles. The van der Waals surface area contributed by atoms with E-state index in [1.807, 2.05) is 60.7 Å². The second-order valence-electron chi connectivity index (χ2n) is 5.12. The van der Waals surface area contributed by atoms with Gasteiger partial charge in [0.15, 0.2) is 0 Å². The van der Waals surface area contributed by atoms with Crippen molar-refractivity contribution in [3.8, 4) is 5.75 Å². The van der Waals surface area contributed by atoms with Crippen LogP contribution in [0.3, 0.4) is 0 Å². The molecule has 3 rings (SSSR count). The first kappa shape index (κ1) is 16.4. The van der Waals surface area contributed by atoms with Gasteiger partial charge >= 0.3 is 0 Å². The molecule has 0 unspecified atom stereocenters. The highest BCUT2D eigenvalue weighted by molar-refractivity contribution is 14.1. The minimum atomic E-state index is -0.306. The van der Waals surface area contributed by atoms with Crippen molar-refractivity contribution < 1.29 is 9.53 Å². The largest absolute Gasteiger partial charge is 0.496 e. The Hall–Kier alpha value is -2.41. The third-order valence-electron chi connectivity index (χ3n) is 3.59. The van der Waals surface area contributed by atoms with Gasteiger partial charge in [0.2, 0.25) is 0 Å². The number of carbonyl (C=O) groups is 1. The number of nitrogens with zero attached hydrogens (tertiary/aromatic N) is 1. The van der Waals surface area contributed by atoms with Crippen LogP contribution in [0.15, 0.2) is 65.8 Å². The van der Waals surface area contributed by atoms with Crippen molar-refractivity contribution in [1.82, 2.24) is 5.43 Å². The SMILES string of the molecule is COc1cc2ccccc2cc1C(=O)N/N=C/c1ccccc1I. The summed E-state index contributed by atoms with van der Waals surface area (Å²) in [5.74, 6) is 0.218. The summed E-state index contributed by atoms with van der Waals surface area (Å²) in [6.07, 6.45) is 1.63. The van der Waals surface area contributed by atoms with Crippen molar-refractivity contribution in [3.63, 3.8) is 0 Å². The zero-order valence-corrected chi connectivity index (χ0v) is 15.2. The number of hydrogen-bond donors (Lipinski definition) is 1. The number of hydrogen-bond acceptors (Lipinski definition) is 3. The quantitative estimate of drug-likeness (QED) is 0.383. The van der Waals surface area contributed by atoms with E-state index in [1.54, 1.807) is 13.3 Å². The van der Waals surface area contributed by atoms with Gasteiger partial charge in [0.1, 0.15) is 5.75 Å². The number of nitrogens with one attached hydrogen (secondary N) is 1. The predicted molar refractivity (Wildman–Crippen MR) is 105 cm³/mol. The zero-order chi connectivity index (χ0) is 16.9. The number of fused-ring (bicyclic) bond motifs is 1. The topological polar surface area (TPSA) is 50.7 Å². The standard InChI is InChI=1S/C19H15IN2O2/c1-24-18-11-14-7-3-2-6-13(14)10-16(18)19(23)22-21-12-15-8-4-5-9-17(15)20/h2-12H,1H3,(H,22,23)/b21-12+. The van der Waals surface area contributed by atoms with E-state index < -0.39 is 0 Å². The molecule has 120 valence electrons. The Morgan fingerprint density at radius 3 is 2.46 bits per heavy atom. The average molecular weight is 430 g/mol. The average Bonchev–Trinajstić information content (AvgIpc) is 2.62. The van der Waals surface area contributed by atoms with Crippen molar-refractivity contribution in [3.05, 3.63) is 75.4 Å². The van der Waals surface area contributed by atoms with Crippen LogP contribution in [-0.2, 0) is 0 Å². The van der Waals surface area contributed by atoms with E-state index >= 15 is 0 Å². The van der Waals surface area contributed by atoms with Gasteiger partial charge in [-0.2, -0.15) is 5.10 Å². The van der Waals surface area contributed by atoms with Crippen molar-refractivity contribution in [2.24, 2.45) is 5.10 Å². The van der Waals surface area contributed by atoms with Gasteiger partial charge in [-0.25, -0.2) is 5.43 Å². The number of carbonyl (C=O) groups excluding carboxylic acids is 1. The summed E-state index contributed by atoms with van der Waals surface area (Å²) in [7, 11) is 1.55. The first-order valence-corrected chi connectivity index (χ1v) is 8.41. The Bertz CT molecular complexity index is 922. The summed E-state index contributed by atoms with van der Waals surface area (Å²) in [6.45, 7) is 0.